The minimum atomic E-state index is -0.742. The Morgan fingerprint density at radius 3 is 2.67 bits per heavy atom. The van der Waals surface area contributed by atoms with E-state index in [1.54, 1.807) is 18.5 Å². The first-order chi connectivity index (χ1) is 11.4. The van der Waals surface area contributed by atoms with E-state index in [1.807, 2.05) is 38.1 Å². The Morgan fingerprint density at radius 1 is 1.29 bits per heavy atom. The van der Waals surface area contributed by atoms with E-state index in [0.717, 1.165) is 10.3 Å². The Bertz CT molecular complexity index is 790. The van der Waals surface area contributed by atoms with E-state index >= 15 is 0 Å². The molecule has 0 aliphatic rings. The summed E-state index contributed by atoms with van der Waals surface area (Å²) in [7, 11) is 1.39. The number of fused-ring (bicyclic) bond motifs is 1. The van der Waals surface area contributed by atoms with E-state index in [2.05, 4.69) is 10.3 Å². The summed E-state index contributed by atoms with van der Waals surface area (Å²) in [6.07, 6.45) is 3.81. The molecule has 6 nitrogen and oxygen atoms in total. The third-order valence-electron chi connectivity index (χ3n) is 3.68. The maximum atomic E-state index is 12.7. The third-order valence-corrected chi connectivity index (χ3v) is 3.68. The van der Waals surface area contributed by atoms with E-state index in [9.17, 15) is 9.59 Å². The van der Waals surface area contributed by atoms with Crippen LogP contribution in [0.4, 0.5) is 0 Å². The number of hydrogen-bond donors (Lipinski definition) is 1. The molecule has 0 aliphatic heterocycles. The molecule has 124 valence electrons. The highest BCUT2D eigenvalue weighted by molar-refractivity contribution is 6.07. The molecule has 1 atom stereocenters. The first kappa shape index (κ1) is 17.4. The lowest BCUT2D eigenvalue weighted by Crippen LogP contribution is -2.46. The fourth-order valence-corrected chi connectivity index (χ4v) is 2.51. The molecule has 1 heterocycles. The first-order valence-corrected chi connectivity index (χ1v) is 7.76. The molecule has 0 unspecified atom stereocenters. The minimum Gasteiger partial charge on any atom is -0.340 e. The van der Waals surface area contributed by atoms with Crippen LogP contribution >= 0.6 is 0 Å². The average molecular weight is 324 g/mol. The molecule has 2 aromatic rings. The Hall–Kier alpha value is -2.94. The molecule has 0 aliphatic carbocycles. The van der Waals surface area contributed by atoms with Crippen LogP contribution < -0.4 is 5.32 Å². The van der Waals surface area contributed by atoms with Crippen molar-refractivity contribution in [3.63, 3.8) is 0 Å². The number of nitrogens with one attached hydrogen (secondary N) is 1. The molecular weight excluding hydrogens is 304 g/mol. The lowest BCUT2D eigenvalue weighted by atomic mass is 10.0. The maximum Gasteiger partial charge on any atom is 0.257 e. The van der Waals surface area contributed by atoms with E-state index in [4.69, 9.17) is 5.26 Å². The van der Waals surface area contributed by atoms with E-state index in [1.165, 1.54) is 7.05 Å². The molecule has 0 fully saturated rings. The zero-order valence-corrected chi connectivity index (χ0v) is 14.0. The standard InChI is InChI=1S/C18H20N4O2/c1-12(2)10-16(18(24)22(3)11-19)21-17(23)14-8-9-20-15-7-5-4-6-13(14)15/h4-9,12,16H,10H2,1-3H3,(H,21,23)/t16-/m1/s1. The van der Waals surface area contributed by atoms with Crippen LogP contribution in [0.1, 0.15) is 30.6 Å². The summed E-state index contributed by atoms with van der Waals surface area (Å²) in [5.41, 5.74) is 1.17. The Kier molecular flexibility index (Phi) is 5.48. The number of nitriles is 1. The maximum absolute atomic E-state index is 12.7. The van der Waals surface area contributed by atoms with Crippen molar-refractivity contribution in [1.82, 2.24) is 15.2 Å². The molecule has 1 aromatic carbocycles. The van der Waals surface area contributed by atoms with Crippen LogP contribution in [0.25, 0.3) is 10.9 Å². The van der Waals surface area contributed by atoms with Gasteiger partial charge in [0.25, 0.3) is 11.8 Å². The zero-order chi connectivity index (χ0) is 17.7. The van der Waals surface area contributed by atoms with Crippen LogP contribution in [0.2, 0.25) is 0 Å². The van der Waals surface area contributed by atoms with E-state index in [-0.39, 0.29) is 11.8 Å². The SMILES string of the molecule is CC(C)C[C@@H](NC(=O)c1ccnc2ccccc12)C(=O)N(C)C#N. The van der Waals surface area contributed by atoms with Crippen LogP contribution in [0, 0.1) is 17.4 Å². The first-order valence-electron chi connectivity index (χ1n) is 7.76. The van der Waals surface area contributed by atoms with Gasteiger partial charge in [0.05, 0.1) is 11.1 Å². The number of carbonyl (C=O) groups excluding carboxylic acids is 2. The third kappa shape index (κ3) is 3.87. The molecule has 6 heteroatoms. The van der Waals surface area contributed by atoms with Gasteiger partial charge in [-0.1, -0.05) is 32.0 Å². The van der Waals surface area contributed by atoms with Crippen molar-refractivity contribution in [2.75, 3.05) is 7.05 Å². The van der Waals surface area contributed by atoms with Gasteiger partial charge in [0.1, 0.15) is 6.04 Å². The lowest BCUT2D eigenvalue weighted by molar-refractivity contribution is -0.129. The molecule has 0 saturated heterocycles. The summed E-state index contributed by atoms with van der Waals surface area (Å²) >= 11 is 0. The summed E-state index contributed by atoms with van der Waals surface area (Å²) in [5, 5.41) is 12.4. The number of hydrogen-bond acceptors (Lipinski definition) is 4. The molecule has 2 rings (SSSR count). The number of para-hydroxylation sites is 1. The van der Waals surface area contributed by atoms with Gasteiger partial charge in [-0.2, -0.15) is 5.26 Å². The van der Waals surface area contributed by atoms with Crippen molar-refractivity contribution in [2.24, 2.45) is 5.92 Å². The van der Waals surface area contributed by atoms with Crippen LogP contribution in [-0.2, 0) is 4.79 Å². The highest BCUT2D eigenvalue weighted by Gasteiger charge is 2.26. The van der Waals surface area contributed by atoms with Crippen molar-refractivity contribution < 1.29 is 9.59 Å². The van der Waals surface area contributed by atoms with Crippen LogP contribution in [0.15, 0.2) is 36.5 Å². The molecule has 0 radical (unpaired) electrons. The second kappa shape index (κ2) is 7.55. The number of benzene rings is 1. The topological polar surface area (TPSA) is 86.1 Å². The molecule has 0 bridgehead atoms. The predicted molar refractivity (Wildman–Crippen MR) is 90.8 cm³/mol. The Balaban J connectivity index is 2.29. The van der Waals surface area contributed by atoms with Crippen molar-refractivity contribution in [3.8, 4) is 6.19 Å². The molecule has 24 heavy (non-hydrogen) atoms. The molecular formula is C18H20N4O2. The number of pyridine rings is 1. The van der Waals surface area contributed by atoms with Crippen LogP contribution in [0.3, 0.4) is 0 Å². The van der Waals surface area contributed by atoms with Gasteiger partial charge < -0.3 is 5.32 Å². The fraction of sp³-hybridized carbons (Fsp3) is 0.333. The van der Waals surface area contributed by atoms with Gasteiger partial charge in [-0.05, 0) is 24.5 Å². The average Bonchev–Trinajstić information content (AvgIpc) is 2.58. The normalized spacial score (nSPS) is 11.8. The molecule has 0 saturated carbocycles. The predicted octanol–water partition coefficient (Wildman–Crippen LogP) is 2.32. The summed E-state index contributed by atoms with van der Waals surface area (Å²) in [6.45, 7) is 3.92. The minimum absolute atomic E-state index is 0.195. The Morgan fingerprint density at radius 2 is 2.00 bits per heavy atom. The van der Waals surface area contributed by atoms with Gasteiger partial charge in [0.2, 0.25) is 0 Å². The van der Waals surface area contributed by atoms with E-state index < -0.39 is 11.9 Å². The van der Waals surface area contributed by atoms with Crippen molar-refractivity contribution in [1.29, 1.82) is 5.26 Å². The second-order valence-electron chi connectivity index (χ2n) is 6.03. The number of nitrogens with zero attached hydrogens (tertiary/aromatic N) is 3. The quantitative estimate of drug-likeness (QED) is 0.675. The smallest absolute Gasteiger partial charge is 0.257 e. The van der Waals surface area contributed by atoms with Gasteiger partial charge >= 0.3 is 0 Å². The van der Waals surface area contributed by atoms with Gasteiger partial charge in [-0.15, -0.1) is 0 Å². The summed E-state index contributed by atoms with van der Waals surface area (Å²) in [5.74, 6) is -0.572. The zero-order valence-electron chi connectivity index (χ0n) is 14.0. The summed E-state index contributed by atoms with van der Waals surface area (Å²) in [4.78, 5) is 30.2. The number of aromatic nitrogens is 1. The van der Waals surface area contributed by atoms with Crippen LogP contribution in [0.5, 0.6) is 0 Å². The van der Waals surface area contributed by atoms with Crippen molar-refractivity contribution >= 4 is 22.7 Å². The number of carbonyl (C=O) groups is 2. The highest BCUT2D eigenvalue weighted by Crippen LogP contribution is 2.17. The largest absolute Gasteiger partial charge is 0.340 e. The second-order valence-corrected chi connectivity index (χ2v) is 6.03. The van der Waals surface area contributed by atoms with Crippen LogP contribution in [-0.4, -0.2) is 34.8 Å². The number of rotatable bonds is 5. The van der Waals surface area contributed by atoms with Gasteiger partial charge in [0, 0.05) is 18.6 Å². The monoisotopic (exact) mass is 324 g/mol. The summed E-state index contributed by atoms with van der Waals surface area (Å²) < 4.78 is 0. The number of likely N-dealkylation sites (N-methyl/N-ethyl adjacent to an activating group) is 1. The van der Waals surface area contributed by atoms with Crippen molar-refractivity contribution in [2.45, 2.75) is 26.3 Å². The van der Waals surface area contributed by atoms with Gasteiger partial charge in [-0.3, -0.25) is 19.5 Å². The summed E-state index contributed by atoms with van der Waals surface area (Å²) in [6, 6.07) is 8.21. The molecule has 0 spiro atoms. The molecule has 1 N–H and O–H groups in total. The fourth-order valence-electron chi connectivity index (χ4n) is 2.51. The van der Waals surface area contributed by atoms with E-state index in [0.29, 0.717) is 17.5 Å². The highest BCUT2D eigenvalue weighted by atomic mass is 16.2. The number of amides is 2. The lowest BCUT2D eigenvalue weighted by Gasteiger charge is -2.22. The van der Waals surface area contributed by atoms with Gasteiger partial charge in [0.15, 0.2) is 6.19 Å². The van der Waals surface area contributed by atoms with Crippen molar-refractivity contribution in [3.05, 3.63) is 42.1 Å². The van der Waals surface area contributed by atoms with Gasteiger partial charge in [-0.25, -0.2) is 0 Å². The molecule has 2 amide bonds. The Labute approximate surface area is 141 Å². The molecule has 1 aromatic heterocycles.